The monoisotopic (exact) mass is 828 g/mol. The van der Waals surface area contributed by atoms with Crippen molar-refractivity contribution in [2.24, 2.45) is 7.05 Å². The fourth-order valence-corrected chi connectivity index (χ4v) is 10.8. The highest BCUT2D eigenvalue weighted by Crippen LogP contribution is 2.48. The highest BCUT2D eigenvalue weighted by atomic mass is 35.5. The van der Waals surface area contributed by atoms with Gasteiger partial charge in [-0.25, -0.2) is 9.78 Å². The number of aryl methyl sites for hydroxylation is 2. The molecule has 2 spiro atoms. The lowest BCUT2D eigenvalue weighted by Gasteiger charge is -2.51. The Hall–Kier alpha value is -5.66. The summed E-state index contributed by atoms with van der Waals surface area (Å²) in [5, 5.41) is 6.65. The Bertz CT molecular complexity index is 2630. The molecular formula is C46H49ClN8O5. The minimum atomic E-state index is -0.533. The number of H-pyrrole nitrogens is 1. The minimum Gasteiger partial charge on any atom is -0.497 e. The third kappa shape index (κ3) is 6.02. The number of carbonyl (C=O) groups excluding carboxylic acids is 3. The maximum absolute atomic E-state index is 13.0. The number of carbonyl (C=O) groups is 3. The molecule has 8 heterocycles. The molecule has 0 saturated carbocycles. The van der Waals surface area contributed by atoms with E-state index >= 15 is 0 Å². The Morgan fingerprint density at radius 3 is 2.15 bits per heavy atom. The molecule has 14 heteroatoms. The van der Waals surface area contributed by atoms with Crippen LogP contribution in [0.2, 0.25) is 5.15 Å². The van der Waals surface area contributed by atoms with Gasteiger partial charge in [0.25, 0.3) is 11.8 Å². The number of likely N-dealkylation sites (tertiary alicyclic amines) is 2. The largest absolute Gasteiger partial charge is 0.497 e. The molecule has 4 aromatic heterocycles. The molecule has 3 amide bonds. The van der Waals surface area contributed by atoms with Gasteiger partial charge in [0, 0.05) is 86.8 Å². The summed E-state index contributed by atoms with van der Waals surface area (Å²) in [7, 11) is 5.96. The van der Waals surface area contributed by atoms with E-state index in [-0.39, 0.29) is 28.7 Å². The zero-order valence-corrected chi connectivity index (χ0v) is 35.6. The fourth-order valence-electron chi connectivity index (χ4n) is 10.6. The number of benzene rings is 1. The Kier molecular flexibility index (Phi) is 8.79. The normalized spacial score (nSPS) is 18.8. The molecular weight excluding hydrogens is 780 g/mol. The number of hydrogen-bond acceptors (Lipinski definition) is 8. The number of methoxy groups -OCH3 is 1. The van der Waals surface area contributed by atoms with Crippen LogP contribution in [0.5, 0.6) is 5.75 Å². The summed E-state index contributed by atoms with van der Waals surface area (Å²) in [4.78, 5) is 54.7. The van der Waals surface area contributed by atoms with Crippen molar-refractivity contribution in [3.63, 3.8) is 0 Å². The molecule has 1 aromatic carbocycles. The van der Waals surface area contributed by atoms with Crippen LogP contribution < -0.4 is 15.4 Å². The summed E-state index contributed by atoms with van der Waals surface area (Å²) in [6, 6.07) is 12.1. The van der Waals surface area contributed by atoms with Crippen LogP contribution in [0.1, 0.15) is 75.1 Å². The average molecular weight is 829 g/mol. The van der Waals surface area contributed by atoms with Gasteiger partial charge in [0.2, 0.25) is 0 Å². The predicted octanol–water partition coefficient (Wildman–Crippen LogP) is 5.85. The number of hydrogen-bond donors (Lipinski definition) is 3. The Morgan fingerprint density at radius 2 is 1.47 bits per heavy atom. The van der Waals surface area contributed by atoms with Gasteiger partial charge in [-0.2, -0.15) is 0 Å². The fraction of sp³-hybridized carbons (Fsp3) is 0.413. The molecule has 13 nitrogen and oxygen atoms in total. The topological polar surface area (TPSA) is 147 Å². The molecule has 4 aliphatic heterocycles. The molecule has 0 atom stereocenters. The second kappa shape index (κ2) is 13.7. The smallest absolute Gasteiger partial charge is 0.410 e. The quantitative estimate of drug-likeness (QED) is 0.188. The van der Waals surface area contributed by atoms with Crippen molar-refractivity contribution in [1.29, 1.82) is 0 Å². The highest BCUT2D eigenvalue weighted by Gasteiger charge is 2.54. The number of pyridine rings is 2. The van der Waals surface area contributed by atoms with Crippen LogP contribution in [0.25, 0.3) is 33.8 Å². The van der Waals surface area contributed by atoms with E-state index in [1.54, 1.807) is 12.0 Å². The number of amides is 3. The van der Waals surface area contributed by atoms with Gasteiger partial charge in [0.05, 0.1) is 46.1 Å². The van der Waals surface area contributed by atoms with Crippen molar-refractivity contribution in [3.05, 3.63) is 98.7 Å². The van der Waals surface area contributed by atoms with E-state index in [9.17, 15) is 14.4 Å². The predicted molar refractivity (Wildman–Crippen MR) is 228 cm³/mol. The summed E-state index contributed by atoms with van der Waals surface area (Å²) in [6.07, 6.45) is 6.89. The molecule has 2 fully saturated rings. The summed E-state index contributed by atoms with van der Waals surface area (Å²) < 4.78 is 13.1. The Morgan fingerprint density at radius 1 is 0.817 bits per heavy atom. The van der Waals surface area contributed by atoms with E-state index in [2.05, 4.69) is 50.2 Å². The molecule has 0 unspecified atom stereocenters. The van der Waals surface area contributed by atoms with E-state index in [4.69, 9.17) is 26.1 Å². The third-order valence-corrected chi connectivity index (χ3v) is 13.4. The van der Waals surface area contributed by atoms with Crippen LogP contribution in [-0.4, -0.2) is 106 Å². The Balaban J connectivity index is 0.000000145. The lowest BCUT2D eigenvalue weighted by Crippen LogP contribution is -2.67. The van der Waals surface area contributed by atoms with Crippen molar-refractivity contribution in [2.75, 3.05) is 53.4 Å². The van der Waals surface area contributed by atoms with E-state index in [1.165, 1.54) is 28.1 Å². The Labute approximate surface area is 353 Å². The molecule has 3 N–H and O–H groups in total. The van der Waals surface area contributed by atoms with Crippen LogP contribution >= 0.6 is 11.6 Å². The lowest BCUT2D eigenvalue weighted by atomic mass is 9.72. The molecule has 2 saturated heterocycles. The number of rotatable bonds is 2. The number of ether oxygens (including phenoxy) is 2. The van der Waals surface area contributed by atoms with Gasteiger partial charge in [0.1, 0.15) is 16.5 Å². The van der Waals surface area contributed by atoms with Crippen LogP contribution in [0.3, 0.4) is 0 Å². The van der Waals surface area contributed by atoms with Crippen LogP contribution in [0, 0.1) is 0 Å². The standard InChI is InChI=1S/C25H26N4O2.C21H23ClN4O3/c1-28-13-25(14-28)12-27-24(30)21-18-9-6-16-11-26-20(15-4-7-17(31-3)8-5-15)10-19(16)22(18)29(2)23(21)25;1-20(2,3)29-19(28)26-9-21(10-26)8-24-18(27)15-12-5-4-11-7-23-14(22)6-13(11)16(12)25-17(15)21/h4-5,7-8,10-11H,6,9,12-14H2,1-3H3,(H,27,30);6-7,25H,4-5,8-10H2,1-3H3,(H,24,27). The number of likely N-dealkylation sites (N-methyl/N-ethyl adjacent to an activating group) is 1. The third-order valence-electron chi connectivity index (χ3n) is 13.2. The number of fused-ring (bicyclic) bond motifs is 12. The highest BCUT2D eigenvalue weighted by molar-refractivity contribution is 6.29. The second-order valence-electron chi connectivity index (χ2n) is 18.4. The molecule has 310 valence electrons. The number of halogens is 1. The number of nitrogens with zero attached hydrogens (tertiary/aromatic N) is 5. The van der Waals surface area contributed by atoms with E-state index in [0.717, 1.165) is 102 Å². The molecule has 0 bridgehead atoms. The van der Waals surface area contributed by atoms with Gasteiger partial charge < -0.3 is 39.5 Å². The van der Waals surface area contributed by atoms with E-state index < -0.39 is 5.60 Å². The number of nitrogens with one attached hydrogen (secondary N) is 3. The van der Waals surface area contributed by atoms with Crippen LogP contribution in [-0.2, 0) is 48.3 Å². The van der Waals surface area contributed by atoms with Gasteiger partial charge in [-0.15, -0.1) is 0 Å². The summed E-state index contributed by atoms with van der Waals surface area (Å²) >= 11 is 6.14. The van der Waals surface area contributed by atoms with Gasteiger partial charge in [0.15, 0.2) is 0 Å². The molecule has 5 aromatic rings. The first-order valence-corrected chi connectivity index (χ1v) is 21.0. The maximum atomic E-state index is 13.0. The van der Waals surface area contributed by atoms with Crippen molar-refractivity contribution >= 4 is 29.5 Å². The van der Waals surface area contributed by atoms with Crippen molar-refractivity contribution in [2.45, 2.75) is 62.9 Å². The van der Waals surface area contributed by atoms with Crippen LogP contribution in [0.4, 0.5) is 4.79 Å². The zero-order chi connectivity index (χ0) is 41.9. The van der Waals surface area contributed by atoms with E-state index in [1.807, 2.05) is 63.5 Å². The maximum Gasteiger partial charge on any atom is 0.410 e. The van der Waals surface area contributed by atoms with Gasteiger partial charge in [-0.3, -0.25) is 14.6 Å². The molecule has 11 rings (SSSR count). The van der Waals surface area contributed by atoms with Crippen molar-refractivity contribution in [1.82, 2.24) is 40.0 Å². The second-order valence-corrected chi connectivity index (χ2v) is 18.8. The first kappa shape index (κ1) is 38.5. The first-order valence-electron chi connectivity index (χ1n) is 20.7. The first-order chi connectivity index (χ1) is 28.7. The summed E-state index contributed by atoms with van der Waals surface area (Å²) in [6.45, 7) is 9.79. The van der Waals surface area contributed by atoms with Gasteiger partial charge in [-0.1, -0.05) is 11.6 Å². The molecule has 6 aliphatic rings. The summed E-state index contributed by atoms with van der Waals surface area (Å²) in [5.41, 5.74) is 13.9. The molecule has 2 aliphatic carbocycles. The lowest BCUT2D eigenvalue weighted by molar-refractivity contribution is -0.0113. The van der Waals surface area contributed by atoms with Crippen LogP contribution in [0.15, 0.2) is 48.8 Å². The van der Waals surface area contributed by atoms with E-state index in [0.29, 0.717) is 24.8 Å². The van der Waals surface area contributed by atoms with Gasteiger partial charge in [-0.05, 0) is 112 Å². The molecule has 0 radical (unpaired) electrons. The van der Waals surface area contributed by atoms with Gasteiger partial charge >= 0.3 is 6.09 Å². The number of aromatic amines is 1. The SMILES string of the molecule is CC(C)(C)OC(=O)N1CC2(CNC(=O)c3c2[nH]c2c3CCc3cnc(Cl)cc3-2)C1.COc1ccc(-c2cc3c(cn2)CCc2c4c(n(C)c2-3)C2(CNC4=O)CN(C)C2)cc1. The summed E-state index contributed by atoms with van der Waals surface area (Å²) in [5.74, 6) is 0.864. The van der Waals surface area contributed by atoms with Crippen molar-refractivity contribution in [3.8, 4) is 39.5 Å². The molecule has 60 heavy (non-hydrogen) atoms. The average Bonchev–Trinajstić information content (AvgIpc) is 3.75. The number of aromatic nitrogens is 4. The van der Waals surface area contributed by atoms with Crippen molar-refractivity contribution < 1.29 is 23.9 Å². The zero-order valence-electron chi connectivity index (χ0n) is 34.8. The minimum absolute atomic E-state index is 0.0239.